The van der Waals surface area contributed by atoms with E-state index in [1.54, 1.807) is 4.90 Å². The monoisotopic (exact) mass is 403 g/mol. The Morgan fingerprint density at radius 2 is 1.71 bits per heavy atom. The van der Waals surface area contributed by atoms with Crippen LogP contribution >= 0.6 is 0 Å². The van der Waals surface area contributed by atoms with Gasteiger partial charge in [-0.1, -0.05) is 18.2 Å². The molecule has 4 rings (SSSR count). The van der Waals surface area contributed by atoms with Crippen molar-refractivity contribution in [2.75, 3.05) is 40.3 Å². The second kappa shape index (κ2) is 7.31. The summed E-state index contributed by atoms with van der Waals surface area (Å²) in [4.78, 5) is 14.9. The van der Waals surface area contributed by atoms with Gasteiger partial charge >= 0.3 is 0 Å². The molecular formula is C19H25N5O3S. The van der Waals surface area contributed by atoms with Gasteiger partial charge in [-0.25, -0.2) is 4.68 Å². The number of fused-ring (bicyclic) bond motifs is 1. The third kappa shape index (κ3) is 3.23. The highest BCUT2D eigenvalue weighted by atomic mass is 32.2. The summed E-state index contributed by atoms with van der Waals surface area (Å²) in [7, 11) is -0.406. The lowest BCUT2D eigenvalue weighted by Gasteiger charge is -2.34. The number of para-hydroxylation sites is 1. The Kier molecular flexibility index (Phi) is 4.98. The van der Waals surface area contributed by atoms with Crippen LogP contribution in [0.3, 0.4) is 0 Å². The van der Waals surface area contributed by atoms with E-state index in [-0.39, 0.29) is 5.91 Å². The fraction of sp³-hybridized carbons (Fsp3) is 0.474. The van der Waals surface area contributed by atoms with Crippen LogP contribution in [0, 0.1) is 0 Å². The SMILES string of the molecule is CN(C)S(=O)(=O)N1CCN(C(=O)c2nn(-c3ccccc3)c3c2CCC3)CC1. The van der Waals surface area contributed by atoms with Crippen LogP contribution in [0.2, 0.25) is 0 Å². The van der Waals surface area contributed by atoms with Gasteiger partial charge in [0.05, 0.1) is 5.69 Å². The van der Waals surface area contributed by atoms with Crippen LogP contribution in [0.15, 0.2) is 30.3 Å². The highest BCUT2D eigenvalue weighted by molar-refractivity contribution is 7.86. The lowest BCUT2D eigenvalue weighted by atomic mass is 10.1. The third-order valence-electron chi connectivity index (χ3n) is 5.45. The Hall–Kier alpha value is -2.23. The van der Waals surface area contributed by atoms with Gasteiger partial charge in [0.1, 0.15) is 0 Å². The van der Waals surface area contributed by atoms with E-state index >= 15 is 0 Å². The summed E-state index contributed by atoms with van der Waals surface area (Å²) in [6.07, 6.45) is 2.80. The topological polar surface area (TPSA) is 78.8 Å². The van der Waals surface area contributed by atoms with Gasteiger partial charge in [-0.2, -0.15) is 22.1 Å². The van der Waals surface area contributed by atoms with Crippen molar-refractivity contribution >= 4 is 16.1 Å². The van der Waals surface area contributed by atoms with Crippen LogP contribution in [0.25, 0.3) is 5.69 Å². The summed E-state index contributed by atoms with van der Waals surface area (Å²) in [6.45, 7) is 1.35. The molecule has 2 aliphatic rings. The van der Waals surface area contributed by atoms with E-state index in [0.717, 1.165) is 36.2 Å². The first kappa shape index (κ1) is 19.1. The first-order valence-electron chi connectivity index (χ1n) is 9.52. The van der Waals surface area contributed by atoms with Crippen LogP contribution < -0.4 is 0 Å². The summed E-state index contributed by atoms with van der Waals surface area (Å²) >= 11 is 0. The summed E-state index contributed by atoms with van der Waals surface area (Å²) < 4.78 is 29.1. The zero-order valence-electron chi connectivity index (χ0n) is 16.2. The van der Waals surface area contributed by atoms with Crippen LogP contribution in [-0.4, -0.2) is 77.9 Å². The smallest absolute Gasteiger partial charge is 0.281 e. The van der Waals surface area contributed by atoms with E-state index in [0.29, 0.717) is 31.9 Å². The molecular weight excluding hydrogens is 378 g/mol. The molecule has 28 heavy (non-hydrogen) atoms. The Morgan fingerprint density at radius 3 is 2.36 bits per heavy atom. The summed E-state index contributed by atoms with van der Waals surface area (Å²) in [5.74, 6) is -0.102. The Bertz CT molecular complexity index is 976. The molecule has 0 saturated carbocycles. The molecule has 150 valence electrons. The number of rotatable bonds is 4. The molecule has 2 heterocycles. The van der Waals surface area contributed by atoms with Gasteiger partial charge in [0.15, 0.2) is 5.69 Å². The fourth-order valence-corrected chi connectivity index (χ4v) is 4.98. The average molecular weight is 404 g/mol. The van der Waals surface area contributed by atoms with Crippen LogP contribution in [-0.2, 0) is 23.1 Å². The Balaban J connectivity index is 1.56. The molecule has 0 spiro atoms. The minimum Gasteiger partial charge on any atom is -0.335 e. The molecule has 1 aromatic carbocycles. The van der Waals surface area contributed by atoms with E-state index < -0.39 is 10.2 Å². The average Bonchev–Trinajstić information content (AvgIpc) is 3.31. The molecule has 1 aliphatic heterocycles. The van der Waals surface area contributed by atoms with Gasteiger partial charge < -0.3 is 4.90 Å². The molecule has 0 unspecified atom stereocenters. The molecule has 1 saturated heterocycles. The molecule has 1 fully saturated rings. The number of carbonyl (C=O) groups excluding carboxylic acids is 1. The lowest BCUT2D eigenvalue weighted by Crippen LogP contribution is -2.53. The summed E-state index contributed by atoms with van der Waals surface area (Å²) in [5, 5.41) is 4.66. The van der Waals surface area contributed by atoms with E-state index in [4.69, 9.17) is 0 Å². The molecule has 0 radical (unpaired) electrons. The van der Waals surface area contributed by atoms with Crippen LogP contribution in [0.5, 0.6) is 0 Å². The van der Waals surface area contributed by atoms with Gasteiger partial charge in [-0.3, -0.25) is 4.79 Å². The molecule has 0 N–H and O–H groups in total. The second-order valence-electron chi connectivity index (χ2n) is 7.36. The molecule has 1 amide bonds. The summed E-state index contributed by atoms with van der Waals surface area (Å²) in [5.41, 5.74) is 3.63. The lowest BCUT2D eigenvalue weighted by molar-refractivity contribution is 0.0687. The maximum atomic E-state index is 13.2. The molecule has 1 aromatic heterocycles. The number of nitrogens with zero attached hydrogens (tertiary/aromatic N) is 5. The summed E-state index contributed by atoms with van der Waals surface area (Å²) in [6, 6.07) is 9.87. The van der Waals surface area contributed by atoms with Crippen molar-refractivity contribution in [3.63, 3.8) is 0 Å². The largest absolute Gasteiger partial charge is 0.335 e. The van der Waals surface area contributed by atoms with E-state index in [9.17, 15) is 13.2 Å². The predicted molar refractivity (Wildman–Crippen MR) is 106 cm³/mol. The van der Waals surface area contributed by atoms with Crippen molar-refractivity contribution in [3.05, 3.63) is 47.3 Å². The number of hydrogen-bond donors (Lipinski definition) is 0. The van der Waals surface area contributed by atoms with Crippen molar-refractivity contribution < 1.29 is 13.2 Å². The second-order valence-corrected chi connectivity index (χ2v) is 9.50. The van der Waals surface area contributed by atoms with E-state index in [2.05, 4.69) is 5.10 Å². The quantitative estimate of drug-likeness (QED) is 0.761. The van der Waals surface area contributed by atoms with Crippen molar-refractivity contribution in [3.8, 4) is 5.69 Å². The van der Waals surface area contributed by atoms with Crippen molar-refractivity contribution in [1.82, 2.24) is 23.3 Å². The van der Waals surface area contributed by atoms with Crippen LogP contribution in [0.1, 0.15) is 28.2 Å². The number of amides is 1. The van der Waals surface area contributed by atoms with Gasteiger partial charge in [0, 0.05) is 51.5 Å². The maximum Gasteiger partial charge on any atom is 0.281 e. The van der Waals surface area contributed by atoms with Crippen molar-refractivity contribution in [2.24, 2.45) is 0 Å². The van der Waals surface area contributed by atoms with E-state index in [1.807, 2.05) is 35.0 Å². The predicted octanol–water partition coefficient (Wildman–Crippen LogP) is 0.925. The molecule has 9 heteroatoms. The number of piperazine rings is 1. The molecule has 1 aliphatic carbocycles. The zero-order valence-corrected chi connectivity index (χ0v) is 17.0. The Labute approximate surface area is 165 Å². The number of hydrogen-bond acceptors (Lipinski definition) is 4. The third-order valence-corrected chi connectivity index (χ3v) is 7.39. The Morgan fingerprint density at radius 1 is 1.04 bits per heavy atom. The zero-order chi connectivity index (χ0) is 19.9. The fourth-order valence-electron chi connectivity index (χ4n) is 3.89. The van der Waals surface area contributed by atoms with Crippen molar-refractivity contribution in [1.29, 1.82) is 0 Å². The molecule has 8 nitrogen and oxygen atoms in total. The van der Waals surface area contributed by atoms with Crippen LogP contribution in [0.4, 0.5) is 0 Å². The highest BCUT2D eigenvalue weighted by Crippen LogP contribution is 2.28. The maximum absolute atomic E-state index is 13.2. The molecule has 2 aromatic rings. The number of carbonyl (C=O) groups is 1. The standard InChI is InChI=1S/C19H25N5O3S/c1-21(2)28(26,27)23-13-11-22(12-14-23)19(25)18-16-9-6-10-17(16)24(20-18)15-7-4-3-5-8-15/h3-5,7-8H,6,9-14H2,1-2H3. The normalized spacial score (nSPS) is 17.9. The number of aromatic nitrogens is 2. The first-order valence-corrected chi connectivity index (χ1v) is 10.9. The highest BCUT2D eigenvalue weighted by Gasteiger charge is 2.34. The van der Waals surface area contributed by atoms with Gasteiger partial charge in [-0.05, 0) is 31.4 Å². The van der Waals surface area contributed by atoms with Crippen molar-refractivity contribution in [2.45, 2.75) is 19.3 Å². The van der Waals surface area contributed by atoms with E-state index in [1.165, 1.54) is 22.7 Å². The number of benzene rings is 1. The van der Waals surface area contributed by atoms with Gasteiger partial charge in [0.2, 0.25) is 0 Å². The minimum absolute atomic E-state index is 0.102. The first-order chi connectivity index (χ1) is 13.4. The van der Waals surface area contributed by atoms with Gasteiger partial charge in [0.25, 0.3) is 16.1 Å². The minimum atomic E-state index is -3.45. The molecule has 0 atom stereocenters. The van der Waals surface area contributed by atoms with Gasteiger partial charge in [-0.15, -0.1) is 0 Å². The molecule has 0 bridgehead atoms.